The Kier molecular flexibility index (Phi) is 6.60. The van der Waals surface area contributed by atoms with E-state index < -0.39 is 0 Å². The average molecular weight is 333 g/mol. The van der Waals surface area contributed by atoms with Crippen LogP contribution in [-0.2, 0) is 6.54 Å². The molecule has 1 aliphatic heterocycles. The number of hydrogen-bond donors (Lipinski definition) is 2. The fourth-order valence-electron chi connectivity index (χ4n) is 2.85. The Morgan fingerprint density at radius 3 is 2.39 bits per heavy atom. The van der Waals surface area contributed by atoms with E-state index in [1.165, 1.54) is 11.1 Å². The number of nitrogens with zero attached hydrogens (tertiary/aromatic N) is 1. The fraction of sp³-hybridized carbons (Fsp3) is 0.526. The largest absolute Gasteiger partial charge is 0.359 e. The number of hydrogen-bond acceptors (Lipinski definition) is 1. The monoisotopic (exact) mass is 332 g/mol. The van der Waals surface area contributed by atoms with Crippen LogP contribution in [0.25, 0.3) is 0 Å². The van der Waals surface area contributed by atoms with Gasteiger partial charge in [0.2, 0.25) is 0 Å². The summed E-state index contributed by atoms with van der Waals surface area (Å²) < 4.78 is 0. The zero-order valence-electron chi connectivity index (χ0n) is 14.7. The molecule has 1 aliphatic rings. The zero-order chi connectivity index (χ0) is 16.8. The number of rotatable bonds is 5. The molecule has 0 spiro atoms. The molecule has 0 unspecified atom stereocenters. The van der Waals surface area contributed by atoms with Gasteiger partial charge < -0.3 is 15.1 Å². The van der Waals surface area contributed by atoms with Crippen LogP contribution in [-0.4, -0.2) is 42.7 Å². The molecule has 0 amide bonds. The Labute approximate surface area is 146 Å². The van der Waals surface area contributed by atoms with Crippen molar-refractivity contribution in [3.63, 3.8) is 0 Å². The molecule has 0 aliphatic carbocycles. The molecule has 2 N–H and O–H groups in total. The molecule has 0 saturated carbocycles. The van der Waals surface area contributed by atoms with Crippen molar-refractivity contribution >= 4 is 17.3 Å². The first-order valence-electron chi connectivity index (χ1n) is 8.55. The van der Waals surface area contributed by atoms with Crippen LogP contribution < -0.4 is 10.2 Å². The molecule has 2 rings (SSSR count). The van der Waals surface area contributed by atoms with Crippen LogP contribution in [0.15, 0.2) is 36.4 Å². The SMILES string of the molecule is C=C(C)CNC(=S)N1CC[NH+](Cc2ccc(C(C)C)cc2)CC1. The van der Waals surface area contributed by atoms with Crippen LogP contribution in [0, 0.1) is 0 Å². The summed E-state index contributed by atoms with van der Waals surface area (Å²) in [5, 5.41) is 4.15. The first kappa shape index (κ1) is 18.0. The van der Waals surface area contributed by atoms with E-state index in [-0.39, 0.29) is 0 Å². The highest BCUT2D eigenvalue weighted by molar-refractivity contribution is 7.80. The molecule has 0 aromatic heterocycles. The number of thiocarbonyl (C=S) groups is 1. The normalized spacial score (nSPS) is 15.7. The molecule has 0 atom stereocenters. The third kappa shape index (κ3) is 5.63. The van der Waals surface area contributed by atoms with E-state index in [2.05, 4.69) is 54.9 Å². The summed E-state index contributed by atoms with van der Waals surface area (Å²) >= 11 is 5.46. The van der Waals surface area contributed by atoms with Crippen molar-refractivity contribution in [1.82, 2.24) is 10.2 Å². The molecule has 4 heteroatoms. The standard InChI is InChI=1S/C19H29N3S/c1-15(2)13-20-19(23)22-11-9-21(10-12-22)14-17-5-7-18(8-6-17)16(3)4/h5-8,16H,1,9-14H2,2-4H3,(H,20,23)/p+1. The highest BCUT2D eigenvalue weighted by Gasteiger charge is 2.21. The highest BCUT2D eigenvalue weighted by Crippen LogP contribution is 2.14. The van der Waals surface area contributed by atoms with Crippen molar-refractivity contribution < 1.29 is 4.90 Å². The summed E-state index contributed by atoms with van der Waals surface area (Å²) in [5.74, 6) is 0.604. The Morgan fingerprint density at radius 2 is 1.87 bits per heavy atom. The molecule has 1 aromatic carbocycles. The van der Waals surface area contributed by atoms with Gasteiger partial charge in [-0.2, -0.15) is 0 Å². The van der Waals surface area contributed by atoms with Gasteiger partial charge in [0.15, 0.2) is 5.11 Å². The van der Waals surface area contributed by atoms with Crippen LogP contribution in [0.5, 0.6) is 0 Å². The lowest BCUT2D eigenvalue weighted by Crippen LogP contribution is -3.13. The van der Waals surface area contributed by atoms with Crippen molar-refractivity contribution in [3.8, 4) is 0 Å². The maximum absolute atomic E-state index is 5.46. The second-order valence-corrected chi connectivity index (χ2v) is 7.31. The molecular formula is C19H30N3S+. The quantitative estimate of drug-likeness (QED) is 0.635. The van der Waals surface area contributed by atoms with Crippen molar-refractivity contribution in [1.29, 1.82) is 0 Å². The molecule has 1 fully saturated rings. The Balaban J connectivity index is 1.78. The molecular weight excluding hydrogens is 302 g/mol. The molecule has 1 aromatic rings. The second-order valence-electron chi connectivity index (χ2n) is 6.93. The van der Waals surface area contributed by atoms with Crippen molar-refractivity contribution in [2.75, 3.05) is 32.7 Å². The Hall–Kier alpha value is -1.39. The third-order valence-electron chi connectivity index (χ3n) is 4.40. The summed E-state index contributed by atoms with van der Waals surface area (Å²) in [6, 6.07) is 9.11. The van der Waals surface area contributed by atoms with E-state index in [0.29, 0.717) is 5.92 Å². The first-order chi connectivity index (χ1) is 11.0. The maximum atomic E-state index is 5.46. The van der Waals surface area contributed by atoms with E-state index in [1.807, 2.05) is 6.92 Å². The summed E-state index contributed by atoms with van der Waals surface area (Å²) in [5.41, 5.74) is 3.96. The lowest BCUT2D eigenvalue weighted by molar-refractivity contribution is -0.917. The molecule has 126 valence electrons. The molecule has 3 nitrogen and oxygen atoms in total. The van der Waals surface area contributed by atoms with Crippen molar-refractivity contribution in [3.05, 3.63) is 47.5 Å². The van der Waals surface area contributed by atoms with E-state index >= 15 is 0 Å². The molecule has 0 radical (unpaired) electrons. The topological polar surface area (TPSA) is 19.7 Å². The Bertz CT molecular complexity index is 528. The molecule has 1 saturated heterocycles. The van der Waals surface area contributed by atoms with E-state index in [9.17, 15) is 0 Å². The maximum Gasteiger partial charge on any atom is 0.169 e. The van der Waals surface area contributed by atoms with Crippen LogP contribution in [0.2, 0.25) is 0 Å². The van der Waals surface area contributed by atoms with Gasteiger partial charge in [0.1, 0.15) is 6.54 Å². The summed E-state index contributed by atoms with van der Waals surface area (Å²) in [4.78, 5) is 3.92. The molecule has 1 heterocycles. The van der Waals surface area contributed by atoms with Crippen LogP contribution in [0.4, 0.5) is 0 Å². The zero-order valence-corrected chi connectivity index (χ0v) is 15.5. The fourth-order valence-corrected chi connectivity index (χ4v) is 3.10. The Morgan fingerprint density at radius 1 is 1.26 bits per heavy atom. The lowest BCUT2D eigenvalue weighted by atomic mass is 10.0. The number of piperazine rings is 1. The van der Waals surface area contributed by atoms with Gasteiger partial charge in [0.25, 0.3) is 0 Å². The van der Waals surface area contributed by atoms with Gasteiger partial charge in [-0.25, -0.2) is 0 Å². The smallest absolute Gasteiger partial charge is 0.169 e. The van der Waals surface area contributed by atoms with Gasteiger partial charge in [-0.15, -0.1) is 0 Å². The van der Waals surface area contributed by atoms with E-state index in [4.69, 9.17) is 12.2 Å². The third-order valence-corrected chi connectivity index (χ3v) is 4.80. The van der Waals surface area contributed by atoms with Crippen LogP contribution in [0.3, 0.4) is 0 Å². The molecule has 0 bridgehead atoms. The predicted molar refractivity (Wildman–Crippen MR) is 102 cm³/mol. The first-order valence-corrected chi connectivity index (χ1v) is 8.96. The van der Waals surface area contributed by atoms with Crippen LogP contribution >= 0.6 is 12.2 Å². The van der Waals surface area contributed by atoms with Gasteiger partial charge >= 0.3 is 0 Å². The van der Waals surface area contributed by atoms with Gasteiger partial charge in [0.05, 0.1) is 26.2 Å². The number of benzene rings is 1. The van der Waals surface area contributed by atoms with E-state index in [0.717, 1.165) is 50.0 Å². The average Bonchev–Trinajstić information content (AvgIpc) is 2.54. The minimum absolute atomic E-state index is 0.604. The molecule has 23 heavy (non-hydrogen) atoms. The van der Waals surface area contributed by atoms with Crippen molar-refractivity contribution in [2.45, 2.75) is 33.2 Å². The van der Waals surface area contributed by atoms with Crippen molar-refractivity contribution in [2.24, 2.45) is 0 Å². The van der Waals surface area contributed by atoms with Gasteiger partial charge in [-0.3, -0.25) is 0 Å². The summed E-state index contributed by atoms with van der Waals surface area (Å²) in [7, 11) is 0. The van der Waals surface area contributed by atoms with Gasteiger partial charge in [0, 0.05) is 12.1 Å². The number of nitrogens with one attached hydrogen (secondary N) is 2. The van der Waals surface area contributed by atoms with Gasteiger partial charge in [-0.05, 0) is 30.6 Å². The minimum Gasteiger partial charge on any atom is -0.359 e. The van der Waals surface area contributed by atoms with E-state index in [1.54, 1.807) is 4.90 Å². The number of quaternary nitrogens is 1. The predicted octanol–water partition coefficient (Wildman–Crippen LogP) is 1.96. The van der Waals surface area contributed by atoms with Gasteiger partial charge in [-0.1, -0.05) is 50.3 Å². The summed E-state index contributed by atoms with van der Waals surface area (Å²) in [6.45, 7) is 16.6. The second kappa shape index (κ2) is 8.46. The van der Waals surface area contributed by atoms with Crippen LogP contribution in [0.1, 0.15) is 37.8 Å². The highest BCUT2D eigenvalue weighted by atomic mass is 32.1. The summed E-state index contributed by atoms with van der Waals surface area (Å²) in [6.07, 6.45) is 0. The lowest BCUT2D eigenvalue weighted by Gasteiger charge is -2.34. The minimum atomic E-state index is 0.604.